The van der Waals surface area contributed by atoms with Gasteiger partial charge >= 0.3 is 5.97 Å². The molecular formula is C26H37N5O7S. The van der Waals surface area contributed by atoms with Crippen LogP contribution in [0.25, 0.3) is 10.8 Å². The van der Waals surface area contributed by atoms with Crippen molar-refractivity contribution in [1.82, 2.24) is 9.62 Å². The van der Waals surface area contributed by atoms with E-state index in [0.29, 0.717) is 41.5 Å². The zero-order chi connectivity index (χ0) is 28.6. The number of carboxylic acid groups (broad SMARTS) is 1. The molecular weight excluding hydrogens is 526 g/mol. The fourth-order valence-corrected chi connectivity index (χ4v) is 6.12. The first-order chi connectivity index (χ1) is 18.6. The Morgan fingerprint density at radius 1 is 1.13 bits per heavy atom. The number of carbonyl (C=O) groups is 2. The average Bonchev–Trinajstić information content (AvgIpc) is 2.92. The van der Waals surface area contributed by atoms with Crippen molar-refractivity contribution >= 4 is 38.6 Å². The molecule has 0 saturated heterocycles. The summed E-state index contributed by atoms with van der Waals surface area (Å²) in [6.07, 6.45) is 4.45. The summed E-state index contributed by atoms with van der Waals surface area (Å²) in [6, 6.07) is 6.52. The van der Waals surface area contributed by atoms with Crippen LogP contribution in [0.3, 0.4) is 0 Å². The third kappa shape index (κ3) is 7.96. The van der Waals surface area contributed by atoms with E-state index >= 15 is 0 Å². The molecule has 0 spiro atoms. The first-order valence-corrected chi connectivity index (χ1v) is 14.3. The number of nitrogens with one attached hydrogen (secondary N) is 1. The number of sulfonamides is 1. The second-order valence-corrected chi connectivity index (χ2v) is 11.2. The Morgan fingerprint density at radius 3 is 2.46 bits per heavy atom. The highest BCUT2D eigenvalue weighted by Gasteiger charge is 2.34. The van der Waals surface area contributed by atoms with Gasteiger partial charge in [-0.3, -0.25) is 14.6 Å². The van der Waals surface area contributed by atoms with Crippen LogP contribution in [-0.4, -0.2) is 75.7 Å². The highest BCUT2D eigenvalue weighted by atomic mass is 32.2. The number of amides is 1. The van der Waals surface area contributed by atoms with Crippen LogP contribution in [-0.2, 0) is 19.6 Å². The molecule has 2 aromatic rings. The Bertz CT molecular complexity index is 1310. The molecule has 0 radical (unpaired) electrons. The molecule has 1 aliphatic carbocycles. The summed E-state index contributed by atoms with van der Waals surface area (Å²) in [4.78, 5) is 30.5. The summed E-state index contributed by atoms with van der Waals surface area (Å²) in [5.74, 6) is -0.965. The smallest absolute Gasteiger partial charge is 0.323 e. The van der Waals surface area contributed by atoms with Crippen LogP contribution < -0.4 is 25.7 Å². The summed E-state index contributed by atoms with van der Waals surface area (Å²) in [5, 5.41) is 10.8. The highest BCUT2D eigenvalue weighted by molar-refractivity contribution is 7.89. The standard InChI is InChI=1S/C26H37N5O7S/c1-37-19-11-10-17-13-20(15-23(38-2)21(17)14-19)39(35,36)30-22(9-6-12-29-26(27)28)25(34)31(16-24(32)33)18-7-4-3-5-8-18/h10-11,13-15,18,22,30H,3-9,12,16H2,1-2H3,(H,32,33)(H4,27,28,29). The Kier molecular flexibility index (Phi) is 10.4. The third-order valence-electron chi connectivity index (χ3n) is 6.77. The van der Waals surface area contributed by atoms with Gasteiger partial charge in [0.05, 0.1) is 19.1 Å². The average molecular weight is 564 g/mol. The van der Waals surface area contributed by atoms with E-state index in [-0.39, 0.29) is 29.9 Å². The van der Waals surface area contributed by atoms with E-state index in [2.05, 4.69) is 9.71 Å². The Morgan fingerprint density at radius 2 is 1.85 bits per heavy atom. The normalized spacial score (nSPS) is 14.9. The summed E-state index contributed by atoms with van der Waals surface area (Å²) < 4.78 is 40.4. The van der Waals surface area contributed by atoms with Crippen LogP contribution in [0.5, 0.6) is 11.5 Å². The van der Waals surface area contributed by atoms with Gasteiger partial charge in [-0.15, -0.1) is 0 Å². The fourth-order valence-electron chi connectivity index (χ4n) is 4.84. The van der Waals surface area contributed by atoms with Crippen LogP contribution in [0.2, 0.25) is 0 Å². The molecule has 0 bridgehead atoms. The van der Waals surface area contributed by atoms with Crippen LogP contribution in [0, 0.1) is 0 Å². The minimum atomic E-state index is -4.23. The highest BCUT2D eigenvalue weighted by Crippen LogP contribution is 2.32. The number of carbonyl (C=O) groups excluding carboxylic acids is 1. The Hall–Kier alpha value is -3.58. The number of hydrogen-bond donors (Lipinski definition) is 4. The van der Waals surface area contributed by atoms with Gasteiger partial charge in [-0.2, -0.15) is 4.72 Å². The molecule has 1 unspecified atom stereocenters. The quantitative estimate of drug-likeness (QED) is 0.160. The topological polar surface area (TPSA) is 187 Å². The summed E-state index contributed by atoms with van der Waals surface area (Å²) in [7, 11) is -1.27. The van der Waals surface area contributed by atoms with Gasteiger partial charge in [-0.05, 0) is 49.3 Å². The van der Waals surface area contributed by atoms with Crippen molar-refractivity contribution in [3.8, 4) is 11.5 Å². The van der Waals surface area contributed by atoms with E-state index in [1.165, 1.54) is 31.3 Å². The lowest BCUT2D eigenvalue weighted by atomic mass is 9.93. The molecule has 3 rings (SSSR count). The van der Waals surface area contributed by atoms with E-state index in [0.717, 1.165) is 19.3 Å². The number of carboxylic acids is 1. The van der Waals surface area contributed by atoms with Crippen LogP contribution >= 0.6 is 0 Å². The van der Waals surface area contributed by atoms with Crippen molar-refractivity contribution in [3.63, 3.8) is 0 Å². The first kappa shape index (κ1) is 30.0. The van der Waals surface area contributed by atoms with Crippen molar-refractivity contribution in [2.24, 2.45) is 16.5 Å². The summed E-state index contributed by atoms with van der Waals surface area (Å²) in [6.45, 7) is -0.330. The number of benzene rings is 2. The molecule has 1 saturated carbocycles. The molecule has 0 aromatic heterocycles. The molecule has 1 aliphatic rings. The van der Waals surface area contributed by atoms with Crippen LogP contribution in [0.1, 0.15) is 44.9 Å². The molecule has 12 nitrogen and oxygen atoms in total. The number of nitrogens with zero attached hydrogens (tertiary/aromatic N) is 2. The van der Waals surface area contributed by atoms with E-state index in [1.807, 2.05) is 0 Å². The SMILES string of the molecule is COc1ccc2cc(S(=O)(=O)NC(CCCN=C(N)N)C(=O)N(CC(=O)O)C3CCCCC3)cc(OC)c2c1. The summed E-state index contributed by atoms with van der Waals surface area (Å²) in [5.41, 5.74) is 10.8. The molecule has 214 valence electrons. The molecule has 0 aliphatic heterocycles. The predicted octanol–water partition coefficient (Wildman–Crippen LogP) is 1.80. The van der Waals surface area contributed by atoms with Crippen molar-refractivity contribution in [2.45, 2.75) is 61.9 Å². The first-order valence-electron chi connectivity index (χ1n) is 12.8. The van der Waals surface area contributed by atoms with Gasteiger partial charge in [0.15, 0.2) is 5.96 Å². The van der Waals surface area contributed by atoms with Crippen molar-refractivity contribution < 1.29 is 32.6 Å². The fraction of sp³-hybridized carbons (Fsp3) is 0.500. The second kappa shape index (κ2) is 13.5. The van der Waals surface area contributed by atoms with Crippen molar-refractivity contribution in [2.75, 3.05) is 27.3 Å². The van der Waals surface area contributed by atoms with Gasteiger partial charge in [0.1, 0.15) is 24.1 Å². The lowest BCUT2D eigenvalue weighted by molar-refractivity contribution is -0.147. The number of methoxy groups -OCH3 is 2. The van der Waals surface area contributed by atoms with Crippen LogP contribution in [0.15, 0.2) is 40.2 Å². The predicted molar refractivity (Wildman–Crippen MR) is 147 cm³/mol. The molecule has 13 heteroatoms. The Balaban J connectivity index is 1.96. The zero-order valence-electron chi connectivity index (χ0n) is 22.3. The van der Waals surface area contributed by atoms with Gasteiger partial charge in [0, 0.05) is 24.0 Å². The number of nitrogens with two attached hydrogens (primary N) is 2. The molecule has 1 fully saturated rings. The van der Waals surface area contributed by atoms with Gasteiger partial charge in [-0.25, -0.2) is 8.42 Å². The van der Waals surface area contributed by atoms with E-state index in [1.54, 1.807) is 18.2 Å². The van der Waals surface area contributed by atoms with Gasteiger partial charge in [-0.1, -0.05) is 25.3 Å². The van der Waals surface area contributed by atoms with E-state index in [9.17, 15) is 23.1 Å². The molecule has 1 amide bonds. The third-order valence-corrected chi connectivity index (χ3v) is 8.22. The number of rotatable bonds is 13. The van der Waals surface area contributed by atoms with Gasteiger partial charge in [0.25, 0.3) is 0 Å². The van der Waals surface area contributed by atoms with Crippen molar-refractivity contribution in [1.29, 1.82) is 0 Å². The molecule has 6 N–H and O–H groups in total. The van der Waals surface area contributed by atoms with Gasteiger partial charge in [0.2, 0.25) is 15.9 Å². The number of aliphatic carboxylic acids is 1. The lowest BCUT2D eigenvalue weighted by Gasteiger charge is -2.35. The Labute approximate surface area is 228 Å². The number of ether oxygens (including phenoxy) is 2. The maximum absolute atomic E-state index is 13.7. The largest absolute Gasteiger partial charge is 0.497 e. The van der Waals surface area contributed by atoms with E-state index in [4.69, 9.17) is 20.9 Å². The van der Waals surface area contributed by atoms with Crippen molar-refractivity contribution in [3.05, 3.63) is 30.3 Å². The molecule has 0 heterocycles. The van der Waals surface area contributed by atoms with Gasteiger partial charge < -0.3 is 30.9 Å². The van der Waals surface area contributed by atoms with E-state index < -0.39 is 34.5 Å². The number of guanidine groups is 1. The maximum atomic E-state index is 13.7. The summed E-state index contributed by atoms with van der Waals surface area (Å²) >= 11 is 0. The number of hydrogen-bond acceptors (Lipinski definition) is 7. The minimum absolute atomic E-state index is 0.0690. The monoisotopic (exact) mass is 563 g/mol. The lowest BCUT2D eigenvalue weighted by Crippen LogP contribution is -2.53. The maximum Gasteiger partial charge on any atom is 0.323 e. The zero-order valence-corrected chi connectivity index (χ0v) is 23.1. The van der Waals surface area contributed by atoms with Crippen LogP contribution in [0.4, 0.5) is 0 Å². The number of aliphatic imine (C=N–C) groups is 1. The number of fused-ring (bicyclic) bond motifs is 1. The second-order valence-electron chi connectivity index (χ2n) is 9.49. The molecule has 1 atom stereocenters. The molecule has 39 heavy (non-hydrogen) atoms. The minimum Gasteiger partial charge on any atom is -0.497 e. The molecule has 2 aromatic carbocycles.